The highest BCUT2D eigenvalue weighted by molar-refractivity contribution is 5.66. The molecule has 0 saturated heterocycles. The molecule has 0 aliphatic carbocycles. The number of nitrogens with one attached hydrogen (secondary N) is 1. The molecule has 29 heavy (non-hydrogen) atoms. The van der Waals surface area contributed by atoms with Crippen LogP contribution in [-0.4, -0.2) is 25.7 Å². The van der Waals surface area contributed by atoms with E-state index in [1.165, 1.54) is 13.2 Å². The zero-order valence-electron chi connectivity index (χ0n) is 16.3. The minimum absolute atomic E-state index is 0.211. The van der Waals surface area contributed by atoms with Crippen LogP contribution < -0.4 is 20.5 Å². The monoisotopic (exact) mass is 391 g/mol. The molecule has 0 bridgehead atoms. The van der Waals surface area contributed by atoms with Gasteiger partial charge in [-0.25, -0.2) is 4.39 Å². The van der Waals surface area contributed by atoms with Crippen molar-refractivity contribution in [3.8, 4) is 22.6 Å². The number of halogens is 1. The number of aromatic nitrogens is 1. The van der Waals surface area contributed by atoms with Gasteiger partial charge in [0.1, 0.15) is 5.75 Å². The van der Waals surface area contributed by atoms with E-state index in [0.717, 1.165) is 22.3 Å². The maximum absolute atomic E-state index is 14.5. The van der Waals surface area contributed by atoms with E-state index >= 15 is 0 Å². The molecular formula is C23H22FN3O2. The zero-order chi connectivity index (χ0) is 20.4. The van der Waals surface area contributed by atoms with Gasteiger partial charge in [-0.05, 0) is 47.0 Å². The molecule has 4 rings (SSSR count). The third kappa shape index (κ3) is 3.38. The standard InChI is InChI=1S/C23H22FN3O2/c1-28-19-9-16(12-26-13-19)15-4-3-5-17(8-15)23(11-22(25)27-14-23)18-6-7-21(29-2)20(24)10-18/h3-13,27H,14,25H2,1-2H3. The lowest BCUT2D eigenvalue weighted by Crippen LogP contribution is -2.31. The van der Waals surface area contributed by atoms with Gasteiger partial charge in [-0.1, -0.05) is 24.3 Å². The Morgan fingerprint density at radius 2 is 1.83 bits per heavy atom. The SMILES string of the molecule is COc1cncc(-c2cccc(C3(c4ccc(OC)c(F)c4)C=C(N)NC3)c2)c1. The molecule has 1 atom stereocenters. The zero-order valence-corrected chi connectivity index (χ0v) is 16.3. The second kappa shape index (κ2) is 7.47. The number of nitrogens with two attached hydrogens (primary N) is 1. The Bertz CT molecular complexity index is 1080. The fraction of sp³-hybridized carbons (Fsp3) is 0.174. The summed E-state index contributed by atoms with van der Waals surface area (Å²) in [5.74, 6) is 1.06. The molecule has 0 amide bonds. The van der Waals surface area contributed by atoms with Gasteiger partial charge < -0.3 is 20.5 Å². The molecule has 1 aliphatic rings. The lowest BCUT2D eigenvalue weighted by atomic mass is 9.74. The number of pyridine rings is 1. The van der Waals surface area contributed by atoms with Crippen molar-refractivity contribution in [2.24, 2.45) is 5.73 Å². The van der Waals surface area contributed by atoms with Crippen LogP contribution in [0.5, 0.6) is 11.5 Å². The van der Waals surface area contributed by atoms with Crippen molar-refractivity contribution in [3.63, 3.8) is 0 Å². The number of hydrogen-bond donors (Lipinski definition) is 2. The van der Waals surface area contributed by atoms with Crippen molar-refractivity contribution < 1.29 is 13.9 Å². The predicted octanol–water partition coefficient (Wildman–Crippen LogP) is 3.59. The predicted molar refractivity (Wildman–Crippen MR) is 110 cm³/mol. The number of ether oxygens (including phenoxy) is 2. The fourth-order valence-corrected chi connectivity index (χ4v) is 3.75. The van der Waals surface area contributed by atoms with E-state index in [0.29, 0.717) is 18.1 Å². The van der Waals surface area contributed by atoms with E-state index in [-0.39, 0.29) is 5.75 Å². The maximum atomic E-state index is 14.5. The molecule has 1 unspecified atom stereocenters. The van der Waals surface area contributed by atoms with Crippen molar-refractivity contribution in [3.05, 3.63) is 89.8 Å². The number of methoxy groups -OCH3 is 2. The van der Waals surface area contributed by atoms with E-state index in [1.807, 2.05) is 36.4 Å². The topological polar surface area (TPSA) is 69.4 Å². The summed E-state index contributed by atoms with van der Waals surface area (Å²) < 4.78 is 24.9. The Hall–Kier alpha value is -3.54. The van der Waals surface area contributed by atoms with Crippen molar-refractivity contribution in [1.82, 2.24) is 10.3 Å². The number of rotatable bonds is 5. The van der Waals surface area contributed by atoms with Gasteiger partial charge in [0, 0.05) is 18.3 Å². The van der Waals surface area contributed by atoms with Crippen LogP contribution in [0.3, 0.4) is 0 Å². The number of nitrogens with zero attached hydrogens (tertiary/aromatic N) is 1. The van der Waals surface area contributed by atoms with Crippen LogP contribution in [0.2, 0.25) is 0 Å². The second-order valence-corrected chi connectivity index (χ2v) is 6.97. The molecule has 5 nitrogen and oxygen atoms in total. The van der Waals surface area contributed by atoms with Crippen LogP contribution >= 0.6 is 0 Å². The average Bonchev–Trinajstić information content (AvgIpc) is 3.17. The maximum Gasteiger partial charge on any atom is 0.165 e. The molecule has 1 aromatic heterocycles. The highest BCUT2D eigenvalue weighted by Crippen LogP contribution is 2.39. The van der Waals surface area contributed by atoms with Crippen LogP contribution in [0.4, 0.5) is 4.39 Å². The van der Waals surface area contributed by atoms with E-state index in [2.05, 4.69) is 16.4 Å². The summed E-state index contributed by atoms with van der Waals surface area (Å²) in [7, 11) is 3.07. The molecule has 6 heteroatoms. The van der Waals surface area contributed by atoms with E-state index in [1.54, 1.807) is 25.6 Å². The molecule has 0 spiro atoms. The van der Waals surface area contributed by atoms with Gasteiger partial charge >= 0.3 is 0 Å². The molecule has 0 radical (unpaired) electrons. The molecule has 2 aromatic carbocycles. The fourth-order valence-electron chi connectivity index (χ4n) is 3.75. The molecule has 0 saturated carbocycles. The van der Waals surface area contributed by atoms with Crippen molar-refractivity contribution in [1.29, 1.82) is 0 Å². The van der Waals surface area contributed by atoms with E-state index in [9.17, 15) is 4.39 Å². The molecule has 3 N–H and O–H groups in total. The van der Waals surface area contributed by atoms with Gasteiger partial charge in [0.05, 0.1) is 31.7 Å². The summed E-state index contributed by atoms with van der Waals surface area (Å²) in [6.07, 6.45) is 5.40. The first-order chi connectivity index (χ1) is 14.1. The highest BCUT2D eigenvalue weighted by atomic mass is 19.1. The van der Waals surface area contributed by atoms with Crippen molar-refractivity contribution >= 4 is 0 Å². The second-order valence-electron chi connectivity index (χ2n) is 6.97. The smallest absolute Gasteiger partial charge is 0.165 e. The lowest BCUT2D eigenvalue weighted by Gasteiger charge is -2.29. The largest absolute Gasteiger partial charge is 0.495 e. The molecular weight excluding hydrogens is 369 g/mol. The quantitative estimate of drug-likeness (QED) is 0.696. The normalized spacial score (nSPS) is 18.1. The minimum atomic E-state index is -0.598. The molecule has 3 aromatic rings. The first kappa shape index (κ1) is 18.8. The van der Waals surface area contributed by atoms with Gasteiger partial charge in [0.25, 0.3) is 0 Å². The van der Waals surface area contributed by atoms with Gasteiger partial charge in [-0.3, -0.25) is 4.98 Å². The molecule has 2 heterocycles. The van der Waals surface area contributed by atoms with Crippen LogP contribution in [-0.2, 0) is 5.41 Å². The Morgan fingerprint density at radius 3 is 2.52 bits per heavy atom. The lowest BCUT2D eigenvalue weighted by molar-refractivity contribution is 0.385. The third-order valence-electron chi connectivity index (χ3n) is 5.30. The van der Waals surface area contributed by atoms with Crippen molar-refractivity contribution in [2.45, 2.75) is 5.41 Å². The summed E-state index contributed by atoms with van der Waals surface area (Å²) in [5, 5.41) is 3.19. The van der Waals surface area contributed by atoms with Crippen LogP contribution in [0.15, 0.2) is 72.8 Å². The first-order valence-corrected chi connectivity index (χ1v) is 9.22. The average molecular weight is 391 g/mol. The van der Waals surface area contributed by atoms with E-state index in [4.69, 9.17) is 15.2 Å². The summed E-state index contributed by atoms with van der Waals surface area (Å²) in [4.78, 5) is 4.24. The van der Waals surface area contributed by atoms with E-state index < -0.39 is 11.2 Å². The van der Waals surface area contributed by atoms with Gasteiger partial charge in [0.15, 0.2) is 11.6 Å². The molecule has 1 aliphatic heterocycles. The third-order valence-corrected chi connectivity index (χ3v) is 5.30. The van der Waals surface area contributed by atoms with Crippen LogP contribution in [0.1, 0.15) is 11.1 Å². The number of hydrogen-bond acceptors (Lipinski definition) is 5. The Morgan fingerprint density at radius 1 is 1.00 bits per heavy atom. The molecule has 148 valence electrons. The Labute approximate surface area is 169 Å². The Kier molecular flexibility index (Phi) is 4.84. The van der Waals surface area contributed by atoms with Gasteiger partial charge in [-0.2, -0.15) is 0 Å². The summed E-state index contributed by atoms with van der Waals surface area (Å²) >= 11 is 0. The van der Waals surface area contributed by atoms with Crippen molar-refractivity contribution in [2.75, 3.05) is 20.8 Å². The summed E-state index contributed by atoms with van der Waals surface area (Å²) in [6, 6.07) is 15.1. The Balaban J connectivity index is 1.84. The first-order valence-electron chi connectivity index (χ1n) is 9.22. The highest BCUT2D eigenvalue weighted by Gasteiger charge is 2.37. The number of benzene rings is 2. The van der Waals surface area contributed by atoms with Gasteiger partial charge in [0.2, 0.25) is 0 Å². The van der Waals surface area contributed by atoms with Gasteiger partial charge in [-0.15, -0.1) is 0 Å². The summed E-state index contributed by atoms with van der Waals surface area (Å²) in [6.45, 7) is 0.532. The summed E-state index contributed by atoms with van der Waals surface area (Å²) in [5.41, 5.74) is 9.19. The van der Waals surface area contributed by atoms with Crippen LogP contribution in [0, 0.1) is 5.82 Å². The molecule has 0 fully saturated rings. The van der Waals surface area contributed by atoms with Crippen LogP contribution in [0.25, 0.3) is 11.1 Å². The minimum Gasteiger partial charge on any atom is -0.495 e.